The van der Waals surface area contributed by atoms with Crippen LogP contribution in [0.4, 0.5) is 0 Å². The number of carbonyl (C=O) groups is 1. The summed E-state index contributed by atoms with van der Waals surface area (Å²) in [6.45, 7) is 2.68. The van der Waals surface area contributed by atoms with Crippen molar-refractivity contribution >= 4 is 33.4 Å². The minimum atomic E-state index is -0.777. The molecule has 1 aliphatic rings. The van der Waals surface area contributed by atoms with E-state index in [1.165, 1.54) is 0 Å². The van der Waals surface area contributed by atoms with E-state index in [4.69, 9.17) is 11.6 Å². The molecule has 92 valence electrons. The van der Waals surface area contributed by atoms with Crippen LogP contribution in [0, 0.1) is 0 Å². The molecule has 17 heavy (non-hydrogen) atoms. The number of carbonyl (C=O) groups excluding carboxylic acids is 1. The zero-order chi connectivity index (χ0) is 12.6. The van der Waals surface area contributed by atoms with Crippen LogP contribution in [0.2, 0.25) is 5.02 Å². The molecule has 5 heteroatoms. The molecule has 1 unspecified atom stereocenters. The van der Waals surface area contributed by atoms with Gasteiger partial charge in [0.1, 0.15) is 0 Å². The predicted molar refractivity (Wildman–Crippen MR) is 70.3 cm³/mol. The van der Waals surface area contributed by atoms with Crippen LogP contribution in [0.15, 0.2) is 22.7 Å². The van der Waals surface area contributed by atoms with Gasteiger partial charge >= 0.3 is 0 Å². The Morgan fingerprint density at radius 1 is 1.59 bits per heavy atom. The van der Waals surface area contributed by atoms with Crippen LogP contribution in [0.5, 0.6) is 0 Å². The fourth-order valence-electron chi connectivity index (χ4n) is 1.95. The molecule has 1 aliphatic heterocycles. The molecule has 3 nitrogen and oxygen atoms in total. The normalized spacial score (nSPS) is 24.1. The summed E-state index contributed by atoms with van der Waals surface area (Å²) in [5.41, 5.74) is -0.240. The van der Waals surface area contributed by atoms with Gasteiger partial charge in [0.15, 0.2) is 0 Å². The average molecular weight is 319 g/mol. The summed E-state index contributed by atoms with van der Waals surface area (Å²) >= 11 is 9.22. The van der Waals surface area contributed by atoms with Gasteiger partial charge < -0.3 is 10.0 Å². The summed E-state index contributed by atoms with van der Waals surface area (Å²) < 4.78 is 0.721. The second-order valence-electron chi connectivity index (χ2n) is 4.60. The SMILES string of the molecule is CC1(O)CCN(C(=O)c2cc(Cl)ccc2Br)C1. The number of halogens is 2. The number of β-amino-alcohol motifs (C(OH)–C–C–N with tert-alkyl or cyclic N) is 1. The maximum atomic E-state index is 12.2. The van der Waals surface area contributed by atoms with Crippen LogP contribution in [0.1, 0.15) is 23.7 Å². The van der Waals surface area contributed by atoms with Gasteiger partial charge in [-0.05, 0) is 47.5 Å². The zero-order valence-electron chi connectivity index (χ0n) is 9.41. The van der Waals surface area contributed by atoms with Crippen LogP contribution < -0.4 is 0 Å². The van der Waals surface area contributed by atoms with Gasteiger partial charge in [-0.3, -0.25) is 4.79 Å². The highest BCUT2D eigenvalue weighted by Gasteiger charge is 2.34. The van der Waals surface area contributed by atoms with E-state index in [9.17, 15) is 9.90 Å². The predicted octanol–water partition coefficient (Wildman–Crippen LogP) is 2.70. The van der Waals surface area contributed by atoms with E-state index in [1.807, 2.05) is 0 Å². The van der Waals surface area contributed by atoms with Gasteiger partial charge in [0, 0.05) is 22.6 Å². The molecule has 0 bridgehead atoms. The molecule has 1 saturated heterocycles. The summed E-state index contributed by atoms with van der Waals surface area (Å²) in [6.07, 6.45) is 0.608. The van der Waals surface area contributed by atoms with E-state index < -0.39 is 5.60 Å². The van der Waals surface area contributed by atoms with Crippen molar-refractivity contribution in [3.05, 3.63) is 33.3 Å². The first kappa shape index (κ1) is 12.9. The molecule has 1 heterocycles. The lowest BCUT2D eigenvalue weighted by Crippen LogP contribution is -2.34. The van der Waals surface area contributed by atoms with Crippen LogP contribution in [-0.4, -0.2) is 34.6 Å². The fourth-order valence-corrected chi connectivity index (χ4v) is 2.54. The number of rotatable bonds is 1. The number of hydrogen-bond acceptors (Lipinski definition) is 2. The largest absolute Gasteiger partial charge is 0.388 e. The van der Waals surface area contributed by atoms with Crippen molar-refractivity contribution in [3.63, 3.8) is 0 Å². The molecule has 0 aliphatic carbocycles. The quantitative estimate of drug-likeness (QED) is 0.865. The fraction of sp³-hybridized carbons (Fsp3) is 0.417. The Morgan fingerprint density at radius 3 is 2.88 bits per heavy atom. The maximum Gasteiger partial charge on any atom is 0.255 e. The summed E-state index contributed by atoms with van der Waals surface area (Å²) in [5.74, 6) is -0.0999. The third kappa shape index (κ3) is 2.81. The molecule has 1 atom stereocenters. The summed E-state index contributed by atoms with van der Waals surface area (Å²) in [7, 11) is 0. The van der Waals surface area contributed by atoms with E-state index in [1.54, 1.807) is 30.0 Å². The first-order chi connectivity index (χ1) is 7.89. The first-order valence-electron chi connectivity index (χ1n) is 5.36. The minimum Gasteiger partial charge on any atom is -0.388 e. The number of amides is 1. The van der Waals surface area contributed by atoms with Crippen molar-refractivity contribution in [1.29, 1.82) is 0 Å². The summed E-state index contributed by atoms with van der Waals surface area (Å²) in [6, 6.07) is 5.12. The highest BCUT2D eigenvalue weighted by molar-refractivity contribution is 9.10. The number of likely N-dealkylation sites (tertiary alicyclic amines) is 1. The molecule has 0 saturated carbocycles. The number of aliphatic hydroxyl groups is 1. The third-order valence-corrected chi connectivity index (χ3v) is 3.82. The number of benzene rings is 1. The maximum absolute atomic E-state index is 12.2. The van der Waals surface area contributed by atoms with Crippen LogP contribution >= 0.6 is 27.5 Å². The molecule has 1 fully saturated rings. The van der Waals surface area contributed by atoms with E-state index >= 15 is 0 Å². The van der Waals surface area contributed by atoms with Gasteiger partial charge in [-0.15, -0.1) is 0 Å². The van der Waals surface area contributed by atoms with Crippen LogP contribution in [0.3, 0.4) is 0 Å². The Balaban J connectivity index is 2.23. The molecule has 0 aromatic heterocycles. The molecule has 1 N–H and O–H groups in total. The molecule has 1 amide bonds. The second kappa shape index (κ2) is 4.59. The zero-order valence-corrected chi connectivity index (χ0v) is 11.8. The smallest absolute Gasteiger partial charge is 0.255 e. The third-order valence-electron chi connectivity index (χ3n) is 2.90. The Hall–Kier alpha value is -0.580. The molecule has 0 spiro atoms. The topological polar surface area (TPSA) is 40.5 Å². The van der Waals surface area contributed by atoms with Gasteiger partial charge in [0.25, 0.3) is 5.91 Å². The van der Waals surface area contributed by atoms with Crippen molar-refractivity contribution < 1.29 is 9.90 Å². The lowest BCUT2D eigenvalue weighted by Gasteiger charge is -2.19. The summed E-state index contributed by atoms with van der Waals surface area (Å²) in [5, 5.41) is 10.4. The Kier molecular flexibility index (Phi) is 3.48. The standard InChI is InChI=1S/C12H13BrClNO2/c1-12(17)4-5-15(7-12)11(16)9-6-8(14)2-3-10(9)13/h2-3,6,17H,4-5,7H2,1H3. The van der Waals surface area contributed by atoms with Crippen molar-refractivity contribution in [2.45, 2.75) is 18.9 Å². The monoisotopic (exact) mass is 317 g/mol. The molecular weight excluding hydrogens is 305 g/mol. The number of hydrogen-bond donors (Lipinski definition) is 1. The van der Waals surface area contributed by atoms with E-state index in [0.29, 0.717) is 30.1 Å². The van der Waals surface area contributed by atoms with E-state index in [2.05, 4.69) is 15.9 Å². The van der Waals surface area contributed by atoms with Gasteiger partial charge in [-0.1, -0.05) is 11.6 Å². The number of nitrogens with zero attached hydrogens (tertiary/aromatic N) is 1. The highest BCUT2D eigenvalue weighted by atomic mass is 79.9. The Labute approximate surface area is 114 Å². The lowest BCUT2D eigenvalue weighted by atomic mass is 10.1. The molecule has 1 aromatic carbocycles. The van der Waals surface area contributed by atoms with Crippen molar-refractivity contribution in [2.24, 2.45) is 0 Å². The Morgan fingerprint density at radius 2 is 2.29 bits per heavy atom. The van der Waals surface area contributed by atoms with E-state index in [-0.39, 0.29) is 5.91 Å². The molecular formula is C12H13BrClNO2. The van der Waals surface area contributed by atoms with Crippen molar-refractivity contribution in [2.75, 3.05) is 13.1 Å². The van der Waals surface area contributed by atoms with Crippen LogP contribution in [-0.2, 0) is 0 Å². The Bertz CT molecular complexity index is 462. The second-order valence-corrected chi connectivity index (χ2v) is 5.89. The lowest BCUT2D eigenvalue weighted by molar-refractivity contribution is 0.0571. The van der Waals surface area contributed by atoms with Gasteiger partial charge in [-0.25, -0.2) is 0 Å². The van der Waals surface area contributed by atoms with Gasteiger partial charge in [-0.2, -0.15) is 0 Å². The minimum absolute atomic E-state index is 0.0999. The van der Waals surface area contributed by atoms with Gasteiger partial charge in [0.2, 0.25) is 0 Å². The van der Waals surface area contributed by atoms with E-state index in [0.717, 1.165) is 4.47 Å². The van der Waals surface area contributed by atoms with Crippen molar-refractivity contribution in [1.82, 2.24) is 4.90 Å². The molecule has 2 rings (SSSR count). The average Bonchev–Trinajstić information content (AvgIpc) is 2.61. The highest BCUT2D eigenvalue weighted by Crippen LogP contribution is 2.26. The van der Waals surface area contributed by atoms with Gasteiger partial charge in [0.05, 0.1) is 11.2 Å². The molecule has 1 aromatic rings. The first-order valence-corrected chi connectivity index (χ1v) is 6.53. The molecule has 0 radical (unpaired) electrons. The van der Waals surface area contributed by atoms with Crippen LogP contribution in [0.25, 0.3) is 0 Å². The summed E-state index contributed by atoms with van der Waals surface area (Å²) in [4.78, 5) is 13.9. The van der Waals surface area contributed by atoms with Crippen molar-refractivity contribution in [3.8, 4) is 0 Å².